The quantitative estimate of drug-likeness (QED) is 0.867. The molecule has 0 aliphatic carbocycles. The number of ether oxygens (including phenoxy) is 1. The summed E-state index contributed by atoms with van der Waals surface area (Å²) in [7, 11) is 0. The molecule has 5 nitrogen and oxygen atoms in total. The lowest BCUT2D eigenvalue weighted by atomic mass is 10.2. The van der Waals surface area contributed by atoms with Crippen LogP contribution in [0.15, 0.2) is 36.9 Å². The molecule has 0 radical (unpaired) electrons. The van der Waals surface area contributed by atoms with Gasteiger partial charge in [-0.05, 0) is 38.1 Å². The van der Waals surface area contributed by atoms with E-state index in [4.69, 9.17) is 4.74 Å². The van der Waals surface area contributed by atoms with E-state index in [0.29, 0.717) is 0 Å². The maximum absolute atomic E-state index is 9.54. The van der Waals surface area contributed by atoms with Gasteiger partial charge in [-0.1, -0.05) is 0 Å². The van der Waals surface area contributed by atoms with Crippen molar-refractivity contribution >= 4 is 0 Å². The van der Waals surface area contributed by atoms with Crippen molar-refractivity contribution in [3.8, 4) is 11.4 Å². The Hall–Kier alpha value is -1.88. The minimum absolute atomic E-state index is 0.260. The SMILES string of the molecule is CC(C)(O)COc1ccc(-n2cncn2)cc1. The van der Waals surface area contributed by atoms with Crippen LogP contribution >= 0.6 is 0 Å². The molecule has 1 aromatic carbocycles. The van der Waals surface area contributed by atoms with Crippen molar-refractivity contribution in [2.24, 2.45) is 0 Å². The van der Waals surface area contributed by atoms with Crippen LogP contribution in [0.5, 0.6) is 5.75 Å². The van der Waals surface area contributed by atoms with Gasteiger partial charge in [-0.15, -0.1) is 0 Å². The van der Waals surface area contributed by atoms with Crippen LogP contribution in [0.25, 0.3) is 5.69 Å². The monoisotopic (exact) mass is 233 g/mol. The molecule has 1 N–H and O–H groups in total. The highest BCUT2D eigenvalue weighted by atomic mass is 16.5. The van der Waals surface area contributed by atoms with Crippen molar-refractivity contribution in [2.45, 2.75) is 19.4 Å². The third-order valence-corrected chi connectivity index (χ3v) is 2.11. The smallest absolute Gasteiger partial charge is 0.138 e. The summed E-state index contributed by atoms with van der Waals surface area (Å²) in [6, 6.07) is 7.44. The van der Waals surface area contributed by atoms with Gasteiger partial charge >= 0.3 is 0 Å². The molecule has 0 saturated heterocycles. The Morgan fingerprint density at radius 3 is 2.53 bits per heavy atom. The van der Waals surface area contributed by atoms with E-state index in [9.17, 15) is 5.11 Å². The van der Waals surface area contributed by atoms with Crippen molar-refractivity contribution in [3.63, 3.8) is 0 Å². The van der Waals surface area contributed by atoms with Crippen molar-refractivity contribution in [3.05, 3.63) is 36.9 Å². The van der Waals surface area contributed by atoms with E-state index in [1.807, 2.05) is 24.3 Å². The first-order valence-corrected chi connectivity index (χ1v) is 5.35. The Labute approximate surface area is 99.7 Å². The molecule has 0 aliphatic rings. The molecule has 0 atom stereocenters. The fourth-order valence-electron chi connectivity index (χ4n) is 1.30. The largest absolute Gasteiger partial charge is 0.491 e. The van der Waals surface area contributed by atoms with Crippen molar-refractivity contribution < 1.29 is 9.84 Å². The Bertz CT molecular complexity index is 457. The van der Waals surface area contributed by atoms with E-state index >= 15 is 0 Å². The first kappa shape index (κ1) is 11.6. The lowest BCUT2D eigenvalue weighted by molar-refractivity contribution is 0.0285. The minimum atomic E-state index is -0.829. The standard InChI is InChI=1S/C12H15N3O2/c1-12(2,16)7-17-11-5-3-10(4-6-11)15-9-13-8-14-15/h3-6,8-9,16H,7H2,1-2H3. The second kappa shape index (κ2) is 4.55. The Morgan fingerprint density at radius 2 is 2.00 bits per heavy atom. The first-order valence-electron chi connectivity index (χ1n) is 5.35. The zero-order valence-corrected chi connectivity index (χ0v) is 9.87. The molecule has 0 bridgehead atoms. The van der Waals surface area contributed by atoms with E-state index < -0.39 is 5.60 Å². The second-order valence-electron chi connectivity index (χ2n) is 4.44. The highest BCUT2D eigenvalue weighted by Gasteiger charge is 2.13. The lowest BCUT2D eigenvalue weighted by Crippen LogP contribution is -2.27. The van der Waals surface area contributed by atoms with Crippen LogP contribution in [0.2, 0.25) is 0 Å². The normalized spacial score (nSPS) is 11.5. The number of aliphatic hydroxyl groups is 1. The minimum Gasteiger partial charge on any atom is -0.491 e. The van der Waals surface area contributed by atoms with Crippen LogP contribution in [0, 0.1) is 0 Å². The molecular weight excluding hydrogens is 218 g/mol. The Kier molecular flexibility index (Phi) is 3.10. The van der Waals surface area contributed by atoms with Crippen LogP contribution in [0.1, 0.15) is 13.8 Å². The summed E-state index contributed by atoms with van der Waals surface area (Å²) in [5, 5.41) is 13.6. The Morgan fingerprint density at radius 1 is 1.29 bits per heavy atom. The number of benzene rings is 1. The molecule has 0 unspecified atom stereocenters. The summed E-state index contributed by atoms with van der Waals surface area (Å²) < 4.78 is 7.11. The van der Waals surface area contributed by atoms with Crippen LogP contribution in [-0.4, -0.2) is 32.1 Å². The van der Waals surface area contributed by atoms with Gasteiger partial charge in [0.25, 0.3) is 0 Å². The van der Waals surface area contributed by atoms with Gasteiger partial charge in [0, 0.05) is 0 Å². The first-order chi connectivity index (χ1) is 8.04. The van der Waals surface area contributed by atoms with Crippen molar-refractivity contribution in [2.75, 3.05) is 6.61 Å². The third-order valence-electron chi connectivity index (χ3n) is 2.11. The maximum atomic E-state index is 9.54. The van der Waals surface area contributed by atoms with Gasteiger partial charge in [-0.2, -0.15) is 5.10 Å². The van der Waals surface area contributed by atoms with E-state index in [1.165, 1.54) is 6.33 Å². The van der Waals surface area contributed by atoms with Gasteiger partial charge in [0.15, 0.2) is 0 Å². The lowest BCUT2D eigenvalue weighted by Gasteiger charge is -2.17. The van der Waals surface area contributed by atoms with E-state index in [-0.39, 0.29) is 6.61 Å². The van der Waals surface area contributed by atoms with E-state index in [0.717, 1.165) is 11.4 Å². The zero-order chi connectivity index (χ0) is 12.3. The second-order valence-corrected chi connectivity index (χ2v) is 4.44. The maximum Gasteiger partial charge on any atom is 0.138 e. The van der Waals surface area contributed by atoms with Gasteiger partial charge in [0.2, 0.25) is 0 Å². The summed E-state index contributed by atoms with van der Waals surface area (Å²) in [6.45, 7) is 3.67. The molecule has 2 aromatic rings. The average Bonchev–Trinajstić information content (AvgIpc) is 2.79. The van der Waals surface area contributed by atoms with Gasteiger partial charge in [-0.3, -0.25) is 0 Å². The topological polar surface area (TPSA) is 60.2 Å². The number of nitrogens with zero attached hydrogens (tertiary/aromatic N) is 3. The molecule has 0 aliphatic heterocycles. The molecule has 5 heteroatoms. The molecule has 0 amide bonds. The number of aromatic nitrogens is 3. The summed E-state index contributed by atoms with van der Waals surface area (Å²) in [5.74, 6) is 0.719. The highest BCUT2D eigenvalue weighted by Crippen LogP contribution is 2.15. The molecule has 0 fully saturated rings. The van der Waals surface area contributed by atoms with Gasteiger partial charge in [0.05, 0.1) is 11.3 Å². The molecule has 17 heavy (non-hydrogen) atoms. The zero-order valence-electron chi connectivity index (χ0n) is 9.87. The van der Waals surface area contributed by atoms with Crippen LogP contribution in [0.3, 0.4) is 0 Å². The van der Waals surface area contributed by atoms with Gasteiger partial charge in [-0.25, -0.2) is 9.67 Å². The predicted molar refractivity (Wildman–Crippen MR) is 63.2 cm³/mol. The van der Waals surface area contributed by atoms with Gasteiger partial charge in [0.1, 0.15) is 25.0 Å². The molecule has 90 valence electrons. The summed E-state index contributed by atoms with van der Waals surface area (Å²) in [6.07, 6.45) is 3.12. The summed E-state index contributed by atoms with van der Waals surface area (Å²) in [5.41, 5.74) is 0.0861. The molecular formula is C12H15N3O2. The molecule has 0 spiro atoms. The van der Waals surface area contributed by atoms with Crippen LogP contribution < -0.4 is 4.74 Å². The number of rotatable bonds is 4. The van der Waals surface area contributed by atoms with Crippen LogP contribution in [-0.2, 0) is 0 Å². The molecule has 0 saturated carbocycles. The van der Waals surface area contributed by atoms with E-state index in [2.05, 4.69) is 10.1 Å². The number of hydrogen-bond donors (Lipinski definition) is 1. The predicted octanol–water partition coefficient (Wildman–Crippen LogP) is 1.42. The fraction of sp³-hybridized carbons (Fsp3) is 0.333. The Balaban J connectivity index is 2.04. The molecule has 1 aromatic heterocycles. The van der Waals surface area contributed by atoms with Crippen LogP contribution in [0.4, 0.5) is 0 Å². The molecule has 2 rings (SSSR count). The molecule has 1 heterocycles. The van der Waals surface area contributed by atoms with Crippen molar-refractivity contribution in [1.29, 1.82) is 0 Å². The van der Waals surface area contributed by atoms with Gasteiger partial charge < -0.3 is 9.84 Å². The van der Waals surface area contributed by atoms with E-state index in [1.54, 1.807) is 24.9 Å². The fourth-order valence-corrected chi connectivity index (χ4v) is 1.30. The summed E-state index contributed by atoms with van der Waals surface area (Å²) in [4.78, 5) is 3.88. The average molecular weight is 233 g/mol. The highest BCUT2D eigenvalue weighted by molar-refractivity contribution is 5.36. The third kappa shape index (κ3) is 3.29. The van der Waals surface area contributed by atoms with Crippen molar-refractivity contribution in [1.82, 2.24) is 14.8 Å². The summed E-state index contributed by atoms with van der Waals surface area (Å²) >= 11 is 0. The number of hydrogen-bond acceptors (Lipinski definition) is 4.